The summed E-state index contributed by atoms with van der Waals surface area (Å²) in [5.41, 5.74) is 1.39. The monoisotopic (exact) mass is 417 g/mol. The van der Waals surface area contributed by atoms with Crippen LogP contribution in [0.5, 0.6) is 5.75 Å². The van der Waals surface area contributed by atoms with E-state index >= 15 is 0 Å². The molecule has 3 nitrogen and oxygen atoms in total. The molecule has 1 amide bonds. The molecule has 3 rings (SSSR count). The number of carbonyl (C=O) groups is 1. The Kier molecular flexibility index (Phi) is 5.94. The highest BCUT2D eigenvalue weighted by Gasteiger charge is 2.39. The second-order valence-electron chi connectivity index (χ2n) is 7.11. The number of ether oxygens (including phenoxy) is 1. The van der Waals surface area contributed by atoms with Gasteiger partial charge in [0.25, 0.3) is 5.91 Å². The summed E-state index contributed by atoms with van der Waals surface area (Å²) < 4.78 is 6.55. The van der Waals surface area contributed by atoms with Crippen LogP contribution in [0.15, 0.2) is 53.4 Å². The Hall–Kier alpha value is -1.82. The van der Waals surface area contributed by atoms with Crippen molar-refractivity contribution >= 4 is 51.9 Å². The minimum atomic E-state index is -0.350. The van der Waals surface area contributed by atoms with Crippen LogP contribution in [0.2, 0.25) is 5.02 Å². The molecule has 0 spiro atoms. The lowest BCUT2D eigenvalue weighted by Crippen LogP contribution is -2.44. The summed E-state index contributed by atoms with van der Waals surface area (Å²) in [6.45, 7) is 6.28. The summed E-state index contributed by atoms with van der Waals surface area (Å²) in [7, 11) is 0. The molecule has 1 saturated heterocycles. The fourth-order valence-electron chi connectivity index (χ4n) is 2.69. The Balaban J connectivity index is 1.84. The number of hydrogen-bond donors (Lipinski definition) is 0. The topological polar surface area (TPSA) is 29.5 Å². The van der Waals surface area contributed by atoms with Gasteiger partial charge in [-0.1, -0.05) is 72.0 Å². The fraction of sp³-hybridized carbons (Fsp3) is 0.238. The van der Waals surface area contributed by atoms with Crippen molar-refractivity contribution < 1.29 is 9.53 Å². The minimum absolute atomic E-state index is 0.0709. The van der Waals surface area contributed by atoms with Gasteiger partial charge in [0, 0.05) is 21.7 Å². The third-order valence-corrected chi connectivity index (χ3v) is 5.68. The molecule has 0 bridgehead atoms. The third kappa shape index (κ3) is 4.54. The molecule has 1 aliphatic heterocycles. The van der Waals surface area contributed by atoms with E-state index in [1.54, 1.807) is 4.90 Å². The van der Waals surface area contributed by atoms with Crippen molar-refractivity contribution in [2.75, 3.05) is 0 Å². The summed E-state index contributed by atoms with van der Waals surface area (Å²) in [6.07, 6.45) is 1.84. The number of thiocarbonyl (C=S) groups is 1. The fourth-order valence-corrected chi connectivity index (χ4v) is 4.51. The van der Waals surface area contributed by atoms with Crippen molar-refractivity contribution in [2.24, 2.45) is 0 Å². The van der Waals surface area contributed by atoms with Gasteiger partial charge in [0.05, 0.1) is 4.91 Å². The quantitative estimate of drug-likeness (QED) is 0.456. The molecule has 2 aromatic rings. The molecule has 0 unspecified atom stereocenters. The average molecular weight is 418 g/mol. The lowest BCUT2D eigenvalue weighted by atomic mass is 10.1. The van der Waals surface area contributed by atoms with E-state index in [1.165, 1.54) is 11.8 Å². The SMILES string of the molecule is CC(C)(C)N1C(=O)C(=Cc2ccccc2OCc2ccccc2Cl)SC1=S. The van der Waals surface area contributed by atoms with Gasteiger partial charge in [-0.15, -0.1) is 0 Å². The van der Waals surface area contributed by atoms with E-state index < -0.39 is 0 Å². The average Bonchev–Trinajstić information content (AvgIpc) is 2.89. The second kappa shape index (κ2) is 8.05. The molecule has 0 radical (unpaired) electrons. The van der Waals surface area contributed by atoms with Crippen LogP contribution in [-0.4, -0.2) is 20.7 Å². The number of thioether (sulfide) groups is 1. The van der Waals surface area contributed by atoms with Gasteiger partial charge in [-0.2, -0.15) is 0 Å². The number of hydrogen-bond acceptors (Lipinski definition) is 4. The second-order valence-corrected chi connectivity index (χ2v) is 9.19. The van der Waals surface area contributed by atoms with Gasteiger partial charge >= 0.3 is 0 Å². The summed E-state index contributed by atoms with van der Waals surface area (Å²) in [4.78, 5) is 15.1. The van der Waals surface area contributed by atoms with E-state index in [0.29, 0.717) is 26.6 Å². The van der Waals surface area contributed by atoms with Gasteiger partial charge in [0.15, 0.2) is 0 Å². The van der Waals surface area contributed by atoms with Crippen LogP contribution in [0.25, 0.3) is 6.08 Å². The minimum Gasteiger partial charge on any atom is -0.488 e. The highest BCUT2D eigenvalue weighted by molar-refractivity contribution is 8.26. The molecule has 1 heterocycles. The van der Waals surface area contributed by atoms with E-state index in [1.807, 2.05) is 75.4 Å². The summed E-state index contributed by atoms with van der Waals surface area (Å²) in [5, 5.41) is 0.668. The van der Waals surface area contributed by atoms with Crippen LogP contribution in [0.4, 0.5) is 0 Å². The molecular formula is C21H20ClNO2S2. The maximum atomic E-state index is 12.8. The number of rotatable bonds is 4. The molecule has 0 aromatic heterocycles. The van der Waals surface area contributed by atoms with Gasteiger partial charge in [0.1, 0.15) is 16.7 Å². The zero-order valence-electron chi connectivity index (χ0n) is 15.4. The van der Waals surface area contributed by atoms with Crippen molar-refractivity contribution in [1.82, 2.24) is 4.90 Å². The number of halogens is 1. The van der Waals surface area contributed by atoms with Crippen molar-refractivity contribution in [3.8, 4) is 5.75 Å². The number of benzene rings is 2. The van der Waals surface area contributed by atoms with E-state index in [4.69, 9.17) is 28.6 Å². The summed E-state index contributed by atoms with van der Waals surface area (Å²) >= 11 is 12.9. The van der Waals surface area contributed by atoms with Gasteiger partial charge in [-0.25, -0.2) is 0 Å². The third-order valence-electron chi connectivity index (χ3n) is 4.01. The normalized spacial score (nSPS) is 16.3. The molecule has 1 fully saturated rings. The molecule has 140 valence electrons. The molecule has 0 aliphatic carbocycles. The van der Waals surface area contributed by atoms with Crippen LogP contribution in [0.1, 0.15) is 31.9 Å². The highest BCUT2D eigenvalue weighted by Crippen LogP contribution is 2.38. The number of nitrogens with zero attached hydrogens (tertiary/aromatic N) is 1. The van der Waals surface area contributed by atoms with Crippen LogP contribution < -0.4 is 4.74 Å². The first-order chi connectivity index (χ1) is 12.8. The number of carbonyl (C=O) groups excluding carboxylic acids is 1. The Morgan fingerprint density at radius 2 is 1.81 bits per heavy atom. The molecule has 2 aromatic carbocycles. The first-order valence-corrected chi connectivity index (χ1v) is 10.1. The maximum absolute atomic E-state index is 12.8. The Morgan fingerprint density at radius 1 is 1.15 bits per heavy atom. The van der Waals surface area contributed by atoms with Crippen molar-refractivity contribution in [3.63, 3.8) is 0 Å². The van der Waals surface area contributed by atoms with Crippen LogP contribution in [0.3, 0.4) is 0 Å². The first kappa shape index (κ1) is 19.9. The molecule has 6 heteroatoms. The standard InChI is InChI=1S/C21H20ClNO2S2/c1-21(2,3)23-19(24)18(27-20(23)26)12-14-8-5-7-11-17(14)25-13-15-9-4-6-10-16(15)22/h4-12H,13H2,1-3H3. The maximum Gasteiger partial charge on any atom is 0.266 e. The first-order valence-electron chi connectivity index (χ1n) is 8.50. The molecule has 0 N–H and O–H groups in total. The van der Waals surface area contributed by atoms with E-state index in [2.05, 4.69) is 0 Å². The summed E-state index contributed by atoms with van der Waals surface area (Å²) in [5.74, 6) is 0.622. The Bertz CT molecular complexity index is 918. The van der Waals surface area contributed by atoms with Gasteiger partial charge in [0.2, 0.25) is 0 Å². The van der Waals surface area contributed by atoms with Crippen molar-refractivity contribution in [1.29, 1.82) is 0 Å². The van der Waals surface area contributed by atoms with Gasteiger partial charge in [-0.05, 0) is 39.0 Å². The number of para-hydroxylation sites is 1. The Labute approximate surface area is 174 Å². The van der Waals surface area contributed by atoms with E-state index in [9.17, 15) is 4.79 Å². The Morgan fingerprint density at radius 3 is 2.48 bits per heavy atom. The van der Waals surface area contributed by atoms with Crippen molar-refractivity contribution in [3.05, 3.63) is 69.6 Å². The number of amides is 1. The largest absolute Gasteiger partial charge is 0.488 e. The van der Waals surface area contributed by atoms with Crippen molar-refractivity contribution in [2.45, 2.75) is 32.9 Å². The summed E-state index contributed by atoms with van der Waals surface area (Å²) in [6, 6.07) is 15.2. The molecule has 1 aliphatic rings. The van der Waals surface area contributed by atoms with E-state index in [-0.39, 0.29) is 11.4 Å². The zero-order valence-corrected chi connectivity index (χ0v) is 17.8. The lowest BCUT2D eigenvalue weighted by molar-refractivity contribution is -0.125. The van der Waals surface area contributed by atoms with Gasteiger partial charge < -0.3 is 4.74 Å². The molecule has 27 heavy (non-hydrogen) atoms. The van der Waals surface area contributed by atoms with Gasteiger partial charge in [-0.3, -0.25) is 9.69 Å². The molecule has 0 saturated carbocycles. The smallest absolute Gasteiger partial charge is 0.266 e. The van der Waals surface area contributed by atoms with Crippen LogP contribution in [0, 0.1) is 0 Å². The molecular weight excluding hydrogens is 398 g/mol. The van der Waals surface area contributed by atoms with E-state index in [0.717, 1.165) is 11.1 Å². The van der Waals surface area contributed by atoms with Crippen LogP contribution in [-0.2, 0) is 11.4 Å². The highest BCUT2D eigenvalue weighted by atomic mass is 35.5. The predicted octanol–water partition coefficient (Wildman–Crippen LogP) is 5.92. The predicted molar refractivity (Wildman–Crippen MR) is 117 cm³/mol. The zero-order chi connectivity index (χ0) is 19.6. The molecule has 0 atom stereocenters. The van der Waals surface area contributed by atoms with Crippen LogP contribution >= 0.6 is 35.6 Å². The lowest BCUT2D eigenvalue weighted by Gasteiger charge is -2.30.